The number of benzene rings is 2. The molecular formula is C19H24N2O4S. The minimum atomic E-state index is -3.56. The van der Waals surface area contributed by atoms with Crippen molar-refractivity contribution in [3.05, 3.63) is 53.6 Å². The number of carbonyl (C=O) groups is 1. The average molecular weight is 376 g/mol. The number of rotatable bonds is 7. The first-order valence-corrected chi connectivity index (χ1v) is 9.73. The quantitative estimate of drug-likeness (QED) is 0.806. The Kier molecular flexibility index (Phi) is 6.39. The Morgan fingerprint density at radius 3 is 2.35 bits per heavy atom. The summed E-state index contributed by atoms with van der Waals surface area (Å²) in [4.78, 5) is 12.3. The van der Waals surface area contributed by atoms with E-state index in [0.717, 1.165) is 16.3 Å². The van der Waals surface area contributed by atoms with E-state index in [-0.39, 0.29) is 17.4 Å². The fraction of sp³-hybridized carbons (Fsp3) is 0.316. The maximum Gasteiger partial charge on any atom is 0.262 e. The molecule has 2 aromatic carbocycles. The van der Waals surface area contributed by atoms with E-state index in [2.05, 4.69) is 12.2 Å². The van der Waals surface area contributed by atoms with Crippen LogP contribution in [-0.2, 0) is 21.2 Å². The largest absolute Gasteiger partial charge is 0.484 e. The Morgan fingerprint density at radius 1 is 1.12 bits per heavy atom. The maximum absolute atomic E-state index is 12.2. The summed E-state index contributed by atoms with van der Waals surface area (Å²) in [6, 6.07) is 12.2. The molecule has 0 fully saturated rings. The van der Waals surface area contributed by atoms with Crippen molar-refractivity contribution >= 4 is 21.6 Å². The van der Waals surface area contributed by atoms with Gasteiger partial charge in [-0.15, -0.1) is 0 Å². The average Bonchev–Trinajstić information content (AvgIpc) is 2.62. The molecule has 1 N–H and O–H groups in total. The number of aryl methyl sites for hydroxylation is 2. The van der Waals surface area contributed by atoms with Gasteiger partial charge in [-0.25, -0.2) is 12.7 Å². The zero-order valence-corrected chi connectivity index (χ0v) is 16.3. The molecule has 0 saturated heterocycles. The van der Waals surface area contributed by atoms with E-state index in [0.29, 0.717) is 11.4 Å². The lowest BCUT2D eigenvalue weighted by atomic mass is 10.2. The Labute approximate surface area is 154 Å². The molecule has 7 heteroatoms. The molecule has 2 aromatic rings. The van der Waals surface area contributed by atoms with Gasteiger partial charge in [-0.2, -0.15) is 0 Å². The van der Waals surface area contributed by atoms with Crippen molar-refractivity contribution in [2.24, 2.45) is 0 Å². The van der Waals surface area contributed by atoms with E-state index in [1.54, 1.807) is 13.0 Å². The monoisotopic (exact) mass is 376 g/mol. The molecule has 0 aliphatic carbocycles. The van der Waals surface area contributed by atoms with E-state index in [1.807, 2.05) is 24.3 Å². The van der Waals surface area contributed by atoms with Crippen LogP contribution in [-0.4, -0.2) is 39.3 Å². The Hall–Kier alpha value is -2.38. The van der Waals surface area contributed by atoms with E-state index >= 15 is 0 Å². The minimum Gasteiger partial charge on any atom is -0.484 e. The standard InChI is InChI=1S/C19H24N2O4S/c1-5-15-7-9-16(10-8-15)25-13-19(22)20-18-12-17(11-6-14(18)2)26(23,24)21(3)4/h6-12H,5,13H2,1-4H3,(H,20,22). The van der Waals surface area contributed by atoms with Crippen LogP contribution in [0.25, 0.3) is 0 Å². The fourth-order valence-electron chi connectivity index (χ4n) is 2.26. The van der Waals surface area contributed by atoms with Gasteiger partial charge in [0.2, 0.25) is 10.0 Å². The number of hydrogen-bond donors (Lipinski definition) is 1. The number of nitrogens with one attached hydrogen (secondary N) is 1. The molecule has 0 bridgehead atoms. The van der Waals surface area contributed by atoms with Crippen LogP contribution in [0.2, 0.25) is 0 Å². The number of anilines is 1. The van der Waals surface area contributed by atoms with Gasteiger partial charge < -0.3 is 10.1 Å². The Morgan fingerprint density at radius 2 is 1.77 bits per heavy atom. The van der Waals surface area contributed by atoms with Crippen LogP contribution in [0.5, 0.6) is 5.75 Å². The fourth-order valence-corrected chi connectivity index (χ4v) is 3.19. The number of hydrogen-bond acceptors (Lipinski definition) is 4. The predicted molar refractivity (Wildman–Crippen MR) is 102 cm³/mol. The third-order valence-electron chi connectivity index (χ3n) is 3.96. The van der Waals surface area contributed by atoms with Gasteiger partial charge in [0, 0.05) is 19.8 Å². The van der Waals surface area contributed by atoms with Crippen LogP contribution in [0.4, 0.5) is 5.69 Å². The SMILES string of the molecule is CCc1ccc(OCC(=O)Nc2cc(S(=O)(=O)N(C)C)ccc2C)cc1. The molecule has 1 amide bonds. The van der Waals surface area contributed by atoms with Crippen molar-refractivity contribution in [2.45, 2.75) is 25.2 Å². The summed E-state index contributed by atoms with van der Waals surface area (Å²) in [5.74, 6) is 0.255. The molecule has 140 valence electrons. The molecule has 0 unspecified atom stereocenters. The second-order valence-corrected chi connectivity index (χ2v) is 8.25. The normalized spacial score (nSPS) is 11.4. The van der Waals surface area contributed by atoms with Gasteiger partial charge in [-0.1, -0.05) is 25.1 Å². The van der Waals surface area contributed by atoms with Crippen LogP contribution in [0.15, 0.2) is 47.4 Å². The molecule has 26 heavy (non-hydrogen) atoms. The van der Waals surface area contributed by atoms with Crippen molar-refractivity contribution in [1.82, 2.24) is 4.31 Å². The third kappa shape index (κ3) is 4.83. The van der Waals surface area contributed by atoms with Crippen molar-refractivity contribution in [2.75, 3.05) is 26.0 Å². The summed E-state index contributed by atoms with van der Waals surface area (Å²) in [5, 5.41) is 2.71. The summed E-state index contributed by atoms with van der Waals surface area (Å²) in [6.07, 6.45) is 0.937. The number of ether oxygens (including phenoxy) is 1. The van der Waals surface area contributed by atoms with E-state index in [9.17, 15) is 13.2 Å². The summed E-state index contributed by atoms with van der Waals surface area (Å²) < 4.78 is 31.1. The number of nitrogens with zero attached hydrogens (tertiary/aromatic N) is 1. The zero-order valence-electron chi connectivity index (χ0n) is 15.4. The van der Waals surface area contributed by atoms with Crippen molar-refractivity contribution < 1.29 is 17.9 Å². The minimum absolute atomic E-state index is 0.125. The Bertz CT molecular complexity index is 875. The van der Waals surface area contributed by atoms with Crippen molar-refractivity contribution in [3.8, 4) is 5.75 Å². The highest BCUT2D eigenvalue weighted by atomic mass is 32.2. The predicted octanol–water partition coefficient (Wildman–Crippen LogP) is 2.83. The van der Waals surface area contributed by atoms with Crippen LogP contribution >= 0.6 is 0 Å². The van der Waals surface area contributed by atoms with Crippen molar-refractivity contribution in [1.29, 1.82) is 0 Å². The summed E-state index contributed by atoms with van der Waals surface area (Å²) >= 11 is 0. The second-order valence-electron chi connectivity index (χ2n) is 6.10. The summed E-state index contributed by atoms with van der Waals surface area (Å²) in [6.45, 7) is 3.71. The highest BCUT2D eigenvalue weighted by Crippen LogP contribution is 2.22. The molecule has 0 atom stereocenters. The molecule has 2 rings (SSSR count). The first-order chi connectivity index (χ1) is 12.2. The number of carbonyl (C=O) groups excluding carboxylic acids is 1. The second kappa shape index (κ2) is 8.33. The maximum atomic E-state index is 12.2. The topological polar surface area (TPSA) is 75.7 Å². The molecule has 0 radical (unpaired) electrons. The summed E-state index contributed by atoms with van der Waals surface area (Å²) in [5.41, 5.74) is 2.41. The summed E-state index contributed by atoms with van der Waals surface area (Å²) in [7, 11) is -0.636. The lowest BCUT2D eigenvalue weighted by molar-refractivity contribution is -0.118. The van der Waals surface area contributed by atoms with Crippen LogP contribution < -0.4 is 10.1 Å². The highest BCUT2D eigenvalue weighted by molar-refractivity contribution is 7.89. The van der Waals surface area contributed by atoms with Crippen LogP contribution in [0.1, 0.15) is 18.1 Å². The zero-order chi connectivity index (χ0) is 19.3. The van der Waals surface area contributed by atoms with Gasteiger partial charge in [-0.3, -0.25) is 4.79 Å². The van der Waals surface area contributed by atoms with E-state index < -0.39 is 10.0 Å². The van der Waals surface area contributed by atoms with Gasteiger partial charge >= 0.3 is 0 Å². The molecule has 6 nitrogen and oxygen atoms in total. The lowest BCUT2D eigenvalue weighted by Gasteiger charge is -2.14. The lowest BCUT2D eigenvalue weighted by Crippen LogP contribution is -2.23. The van der Waals surface area contributed by atoms with Crippen molar-refractivity contribution in [3.63, 3.8) is 0 Å². The number of sulfonamides is 1. The Balaban J connectivity index is 2.06. The first kappa shape index (κ1) is 19.9. The van der Waals surface area contributed by atoms with Gasteiger partial charge in [0.15, 0.2) is 6.61 Å². The van der Waals surface area contributed by atoms with Gasteiger partial charge in [0.05, 0.1) is 4.90 Å². The molecule has 0 saturated carbocycles. The molecule has 0 aliphatic rings. The molecule has 0 aliphatic heterocycles. The van der Waals surface area contributed by atoms with Gasteiger partial charge in [0.1, 0.15) is 5.75 Å². The van der Waals surface area contributed by atoms with Crippen LogP contribution in [0, 0.1) is 6.92 Å². The smallest absolute Gasteiger partial charge is 0.262 e. The molecule has 0 aromatic heterocycles. The molecular weight excluding hydrogens is 352 g/mol. The molecule has 0 spiro atoms. The molecule has 0 heterocycles. The van der Waals surface area contributed by atoms with Crippen LogP contribution in [0.3, 0.4) is 0 Å². The first-order valence-electron chi connectivity index (χ1n) is 8.28. The highest BCUT2D eigenvalue weighted by Gasteiger charge is 2.18. The van der Waals surface area contributed by atoms with E-state index in [4.69, 9.17) is 4.74 Å². The van der Waals surface area contributed by atoms with Gasteiger partial charge in [0.25, 0.3) is 5.91 Å². The number of amides is 1. The third-order valence-corrected chi connectivity index (χ3v) is 5.77. The van der Waals surface area contributed by atoms with E-state index in [1.165, 1.54) is 31.8 Å². The van der Waals surface area contributed by atoms with Gasteiger partial charge in [-0.05, 0) is 48.7 Å².